The number of hydrogen-bond acceptors (Lipinski definition) is 3. The Kier molecular flexibility index (Phi) is 5.02. The van der Waals surface area contributed by atoms with E-state index in [2.05, 4.69) is 23.1 Å². The molecule has 2 aromatic rings. The van der Waals surface area contributed by atoms with Crippen molar-refractivity contribution in [2.24, 2.45) is 5.73 Å². The molecule has 0 aliphatic carbocycles. The highest BCUT2D eigenvalue weighted by atomic mass is 16.5. The highest BCUT2D eigenvalue weighted by Crippen LogP contribution is 2.21. The van der Waals surface area contributed by atoms with E-state index < -0.39 is 0 Å². The normalized spacial score (nSPS) is 10.3. The summed E-state index contributed by atoms with van der Waals surface area (Å²) in [5.74, 6) is 0.888. The molecular formula is C17H22N2O. The zero-order valence-corrected chi connectivity index (χ0v) is 12.2. The highest BCUT2D eigenvalue weighted by Gasteiger charge is 2.03. The van der Waals surface area contributed by atoms with E-state index in [1.165, 1.54) is 11.1 Å². The molecule has 0 bridgehead atoms. The molecule has 20 heavy (non-hydrogen) atoms. The van der Waals surface area contributed by atoms with Crippen LogP contribution < -0.4 is 15.4 Å². The summed E-state index contributed by atoms with van der Waals surface area (Å²) < 4.78 is 5.90. The quantitative estimate of drug-likeness (QED) is 0.877. The molecule has 0 saturated carbocycles. The molecule has 0 heterocycles. The van der Waals surface area contributed by atoms with Crippen LogP contribution in [0.4, 0.5) is 5.69 Å². The van der Waals surface area contributed by atoms with Gasteiger partial charge in [-0.25, -0.2) is 0 Å². The molecule has 0 aliphatic heterocycles. The van der Waals surface area contributed by atoms with Crippen LogP contribution in [0.2, 0.25) is 0 Å². The van der Waals surface area contributed by atoms with Crippen molar-refractivity contribution in [3.63, 3.8) is 0 Å². The molecule has 0 radical (unpaired) electrons. The zero-order valence-electron chi connectivity index (χ0n) is 12.2. The lowest BCUT2D eigenvalue weighted by Crippen LogP contribution is -2.09. The van der Waals surface area contributed by atoms with Gasteiger partial charge in [0.2, 0.25) is 0 Å². The summed E-state index contributed by atoms with van der Waals surface area (Å²) in [5.41, 5.74) is 9.25. The van der Waals surface area contributed by atoms with Crippen LogP contribution in [0.1, 0.15) is 11.1 Å². The number of benzene rings is 2. The molecule has 0 atom stereocenters. The van der Waals surface area contributed by atoms with E-state index in [9.17, 15) is 0 Å². The van der Waals surface area contributed by atoms with E-state index in [1.54, 1.807) is 0 Å². The van der Waals surface area contributed by atoms with Gasteiger partial charge in [-0.1, -0.05) is 30.3 Å². The number of ether oxygens (including phenoxy) is 1. The van der Waals surface area contributed by atoms with Crippen molar-refractivity contribution in [2.45, 2.75) is 13.0 Å². The predicted octanol–water partition coefficient (Wildman–Crippen LogP) is 2.83. The summed E-state index contributed by atoms with van der Waals surface area (Å²) >= 11 is 0. The van der Waals surface area contributed by atoms with Gasteiger partial charge in [-0.15, -0.1) is 0 Å². The fourth-order valence-corrected chi connectivity index (χ4v) is 2.11. The smallest absolute Gasteiger partial charge is 0.121 e. The third kappa shape index (κ3) is 3.75. The SMILES string of the molecule is CN(C)c1cccc(OCc2ccccc2CCN)c1. The van der Waals surface area contributed by atoms with Gasteiger partial charge < -0.3 is 15.4 Å². The molecule has 0 aromatic heterocycles. The monoisotopic (exact) mass is 270 g/mol. The summed E-state index contributed by atoms with van der Waals surface area (Å²) in [4.78, 5) is 2.06. The zero-order chi connectivity index (χ0) is 14.4. The Morgan fingerprint density at radius 3 is 2.45 bits per heavy atom. The maximum atomic E-state index is 5.90. The average Bonchev–Trinajstić information content (AvgIpc) is 2.47. The van der Waals surface area contributed by atoms with Crippen molar-refractivity contribution in [1.82, 2.24) is 0 Å². The first-order chi connectivity index (χ1) is 9.70. The van der Waals surface area contributed by atoms with Crippen LogP contribution in [0.5, 0.6) is 5.75 Å². The highest BCUT2D eigenvalue weighted by molar-refractivity contribution is 5.49. The van der Waals surface area contributed by atoms with Gasteiger partial charge in [0.15, 0.2) is 0 Å². The number of nitrogens with zero attached hydrogens (tertiary/aromatic N) is 1. The van der Waals surface area contributed by atoms with E-state index in [-0.39, 0.29) is 0 Å². The lowest BCUT2D eigenvalue weighted by molar-refractivity contribution is 0.305. The average molecular weight is 270 g/mol. The van der Waals surface area contributed by atoms with Gasteiger partial charge in [0.1, 0.15) is 12.4 Å². The molecule has 2 aromatic carbocycles. The van der Waals surface area contributed by atoms with Crippen LogP contribution in [-0.4, -0.2) is 20.6 Å². The molecule has 0 fully saturated rings. The summed E-state index contributed by atoms with van der Waals surface area (Å²) in [6.07, 6.45) is 0.886. The second kappa shape index (κ2) is 6.96. The molecule has 3 nitrogen and oxygen atoms in total. The maximum absolute atomic E-state index is 5.90. The second-order valence-electron chi connectivity index (χ2n) is 4.99. The minimum Gasteiger partial charge on any atom is -0.489 e. The van der Waals surface area contributed by atoms with Crippen molar-refractivity contribution < 1.29 is 4.74 Å². The lowest BCUT2D eigenvalue weighted by Gasteiger charge is -2.15. The Morgan fingerprint density at radius 1 is 1.00 bits per heavy atom. The molecule has 106 valence electrons. The summed E-state index contributed by atoms with van der Waals surface area (Å²) in [6.45, 7) is 1.24. The van der Waals surface area contributed by atoms with Crippen molar-refractivity contribution in [2.75, 3.05) is 25.5 Å². The molecule has 3 heteroatoms. The molecule has 0 amide bonds. The van der Waals surface area contributed by atoms with Crippen molar-refractivity contribution in [3.8, 4) is 5.75 Å². The molecule has 2 rings (SSSR count). The molecule has 2 N–H and O–H groups in total. The molecule has 0 saturated heterocycles. The summed E-state index contributed by atoms with van der Waals surface area (Å²) in [6, 6.07) is 16.4. The van der Waals surface area contributed by atoms with E-state index in [0.717, 1.165) is 17.9 Å². The molecular weight excluding hydrogens is 248 g/mol. The fourth-order valence-electron chi connectivity index (χ4n) is 2.11. The van der Waals surface area contributed by atoms with Crippen LogP contribution in [0.3, 0.4) is 0 Å². The van der Waals surface area contributed by atoms with Gasteiger partial charge in [0.05, 0.1) is 0 Å². The van der Waals surface area contributed by atoms with Gasteiger partial charge in [0.25, 0.3) is 0 Å². The van der Waals surface area contributed by atoms with E-state index in [0.29, 0.717) is 13.2 Å². The fraction of sp³-hybridized carbons (Fsp3) is 0.294. The standard InChI is InChI=1S/C17H22N2O/c1-19(2)16-8-5-9-17(12-16)20-13-15-7-4-3-6-14(15)10-11-18/h3-9,12H,10-11,13,18H2,1-2H3. The van der Waals surface area contributed by atoms with Crippen molar-refractivity contribution >= 4 is 5.69 Å². The predicted molar refractivity (Wildman–Crippen MR) is 84.3 cm³/mol. The first-order valence-corrected chi connectivity index (χ1v) is 6.87. The van der Waals surface area contributed by atoms with E-state index in [1.807, 2.05) is 44.4 Å². The topological polar surface area (TPSA) is 38.5 Å². The first-order valence-electron chi connectivity index (χ1n) is 6.87. The maximum Gasteiger partial charge on any atom is 0.121 e. The largest absolute Gasteiger partial charge is 0.489 e. The molecule has 0 spiro atoms. The lowest BCUT2D eigenvalue weighted by atomic mass is 10.1. The molecule has 0 aliphatic rings. The van der Waals surface area contributed by atoms with Gasteiger partial charge in [-0.3, -0.25) is 0 Å². The van der Waals surface area contributed by atoms with E-state index >= 15 is 0 Å². The Balaban J connectivity index is 2.07. The third-order valence-electron chi connectivity index (χ3n) is 3.26. The Bertz CT molecular complexity index is 552. The van der Waals surface area contributed by atoms with Crippen molar-refractivity contribution in [3.05, 3.63) is 59.7 Å². The Hall–Kier alpha value is -2.00. The summed E-state index contributed by atoms with van der Waals surface area (Å²) in [7, 11) is 4.05. The number of hydrogen-bond donors (Lipinski definition) is 1. The minimum atomic E-state index is 0.576. The van der Waals surface area contributed by atoms with Crippen LogP contribution in [-0.2, 0) is 13.0 Å². The third-order valence-corrected chi connectivity index (χ3v) is 3.26. The Morgan fingerprint density at radius 2 is 1.75 bits per heavy atom. The Labute approximate surface area is 121 Å². The van der Waals surface area contributed by atoms with E-state index in [4.69, 9.17) is 10.5 Å². The van der Waals surface area contributed by atoms with Crippen LogP contribution >= 0.6 is 0 Å². The number of anilines is 1. The van der Waals surface area contributed by atoms with Crippen LogP contribution in [0.25, 0.3) is 0 Å². The van der Waals surface area contributed by atoms with Gasteiger partial charge >= 0.3 is 0 Å². The van der Waals surface area contributed by atoms with Gasteiger partial charge in [-0.05, 0) is 36.2 Å². The van der Waals surface area contributed by atoms with Crippen LogP contribution in [0.15, 0.2) is 48.5 Å². The van der Waals surface area contributed by atoms with Gasteiger partial charge in [0, 0.05) is 25.8 Å². The van der Waals surface area contributed by atoms with Crippen molar-refractivity contribution in [1.29, 1.82) is 0 Å². The number of rotatable bonds is 6. The second-order valence-corrected chi connectivity index (χ2v) is 4.99. The van der Waals surface area contributed by atoms with Crippen LogP contribution in [0, 0.1) is 0 Å². The van der Waals surface area contributed by atoms with Gasteiger partial charge in [-0.2, -0.15) is 0 Å². The first kappa shape index (κ1) is 14.4. The molecule has 0 unspecified atom stereocenters. The number of nitrogens with two attached hydrogens (primary N) is 1. The minimum absolute atomic E-state index is 0.576. The summed E-state index contributed by atoms with van der Waals surface area (Å²) in [5, 5.41) is 0.